The van der Waals surface area contributed by atoms with E-state index in [-0.39, 0.29) is 5.41 Å². The highest BCUT2D eigenvalue weighted by Gasteiger charge is 2.19. The minimum Gasteiger partial charge on any atom is -0.437 e. The minimum atomic E-state index is -0.138. The second-order valence-electron chi connectivity index (χ2n) is 5.96. The van der Waals surface area contributed by atoms with Gasteiger partial charge in [-0.2, -0.15) is 4.98 Å². The smallest absolute Gasteiger partial charge is 0.223 e. The molecule has 4 nitrogen and oxygen atoms in total. The maximum atomic E-state index is 5.93. The molecular weight excluding hydrogens is 330 g/mol. The van der Waals surface area contributed by atoms with Crippen LogP contribution in [0, 0.1) is 6.92 Å². The van der Waals surface area contributed by atoms with Crippen molar-refractivity contribution in [3.05, 3.63) is 40.0 Å². The number of hydrogen-bond donors (Lipinski definition) is 0. The molecule has 0 aliphatic heterocycles. The zero-order chi connectivity index (χ0) is 15.6. The molecule has 0 fully saturated rings. The molecular formula is C16H20BrN3O. The number of aromatic nitrogens is 3. The molecule has 0 aliphatic carbocycles. The summed E-state index contributed by atoms with van der Waals surface area (Å²) in [5.41, 5.74) is 1.78. The summed E-state index contributed by atoms with van der Waals surface area (Å²) in [7, 11) is 0. The first-order chi connectivity index (χ1) is 9.79. The summed E-state index contributed by atoms with van der Waals surface area (Å²) in [5, 5.41) is 0. The molecule has 2 heterocycles. The Morgan fingerprint density at radius 2 is 1.86 bits per heavy atom. The summed E-state index contributed by atoms with van der Waals surface area (Å²) in [6.07, 6.45) is 0.815. The second-order valence-corrected chi connectivity index (χ2v) is 6.77. The summed E-state index contributed by atoms with van der Waals surface area (Å²) in [6, 6.07) is 5.65. The number of rotatable bonds is 3. The van der Waals surface area contributed by atoms with Gasteiger partial charge in [-0.05, 0) is 41.4 Å². The van der Waals surface area contributed by atoms with Crippen LogP contribution >= 0.6 is 15.9 Å². The van der Waals surface area contributed by atoms with E-state index in [0.717, 1.165) is 34.0 Å². The molecule has 0 radical (unpaired) electrons. The topological polar surface area (TPSA) is 47.9 Å². The third-order valence-corrected chi connectivity index (χ3v) is 3.37. The van der Waals surface area contributed by atoms with E-state index in [2.05, 4.69) is 58.6 Å². The van der Waals surface area contributed by atoms with Crippen LogP contribution in [0.15, 0.2) is 22.8 Å². The van der Waals surface area contributed by atoms with Crippen LogP contribution in [-0.2, 0) is 11.8 Å². The van der Waals surface area contributed by atoms with Crippen LogP contribution < -0.4 is 4.74 Å². The molecule has 0 amide bonds. The predicted octanol–water partition coefficient (Wildman–Crippen LogP) is 4.59. The Morgan fingerprint density at radius 3 is 2.48 bits per heavy atom. The molecule has 0 bridgehead atoms. The van der Waals surface area contributed by atoms with E-state index < -0.39 is 0 Å². The van der Waals surface area contributed by atoms with Crippen LogP contribution in [0.1, 0.15) is 44.9 Å². The van der Waals surface area contributed by atoms with Crippen molar-refractivity contribution in [3.8, 4) is 11.6 Å². The Balaban J connectivity index is 2.38. The summed E-state index contributed by atoms with van der Waals surface area (Å²) >= 11 is 3.42. The van der Waals surface area contributed by atoms with Crippen molar-refractivity contribution < 1.29 is 4.74 Å². The van der Waals surface area contributed by atoms with Gasteiger partial charge in [0.15, 0.2) is 5.75 Å². The van der Waals surface area contributed by atoms with Crippen molar-refractivity contribution in [2.24, 2.45) is 0 Å². The van der Waals surface area contributed by atoms with Crippen molar-refractivity contribution in [1.29, 1.82) is 0 Å². The number of nitrogens with zero attached hydrogens (tertiary/aromatic N) is 3. The van der Waals surface area contributed by atoms with Crippen molar-refractivity contribution in [3.63, 3.8) is 0 Å². The number of ether oxygens (including phenoxy) is 1. The number of hydrogen-bond acceptors (Lipinski definition) is 4. The van der Waals surface area contributed by atoms with E-state index in [0.29, 0.717) is 5.88 Å². The Hall–Kier alpha value is -1.49. The van der Waals surface area contributed by atoms with Crippen molar-refractivity contribution in [2.75, 3.05) is 0 Å². The summed E-state index contributed by atoms with van der Waals surface area (Å²) in [4.78, 5) is 13.4. The zero-order valence-electron chi connectivity index (χ0n) is 13.1. The van der Waals surface area contributed by atoms with Crippen molar-refractivity contribution >= 4 is 15.9 Å². The third-order valence-electron chi connectivity index (χ3n) is 2.96. The Labute approximate surface area is 134 Å². The quantitative estimate of drug-likeness (QED) is 0.760. The first-order valence-corrected chi connectivity index (χ1v) is 7.78. The summed E-state index contributed by atoms with van der Waals surface area (Å²) in [5.74, 6) is 2.01. The Bertz CT molecular complexity index is 650. The van der Waals surface area contributed by atoms with Gasteiger partial charge in [-0.3, -0.25) is 4.98 Å². The van der Waals surface area contributed by atoms with Gasteiger partial charge in [-0.25, -0.2) is 4.98 Å². The molecule has 112 valence electrons. The van der Waals surface area contributed by atoms with Gasteiger partial charge in [-0.1, -0.05) is 27.7 Å². The lowest BCUT2D eigenvalue weighted by atomic mass is 9.96. The van der Waals surface area contributed by atoms with E-state index in [9.17, 15) is 0 Å². The molecule has 21 heavy (non-hydrogen) atoms. The molecule has 2 aromatic rings. The highest BCUT2D eigenvalue weighted by atomic mass is 79.9. The molecule has 0 atom stereocenters. The number of halogens is 1. The highest BCUT2D eigenvalue weighted by molar-refractivity contribution is 9.10. The second kappa shape index (κ2) is 6.10. The van der Waals surface area contributed by atoms with E-state index in [1.165, 1.54) is 0 Å². The molecule has 5 heteroatoms. The van der Waals surface area contributed by atoms with Gasteiger partial charge in [0.1, 0.15) is 10.4 Å². The SMILES string of the molecule is CCc1nc(C)ccc1Oc1cc(Br)nc(C(C)(C)C)n1. The van der Waals surface area contributed by atoms with E-state index in [1.807, 2.05) is 19.1 Å². The van der Waals surface area contributed by atoms with Crippen LogP contribution in [0.25, 0.3) is 0 Å². The van der Waals surface area contributed by atoms with Gasteiger partial charge < -0.3 is 4.74 Å². The fourth-order valence-corrected chi connectivity index (χ4v) is 2.21. The standard InChI is InChI=1S/C16H20BrN3O/c1-6-11-12(8-7-10(2)18-11)21-14-9-13(17)19-15(20-14)16(3,4)5/h7-9H,6H2,1-5H3. The van der Waals surface area contributed by atoms with Gasteiger partial charge in [0.2, 0.25) is 5.88 Å². The fourth-order valence-electron chi connectivity index (χ4n) is 1.84. The largest absolute Gasteiger partial charge is 0.437 e. The van der Waals surface area contributed by atoms with Gasteiger partial charge in [0.25, 0.3) is 0 Å². The van der Waals surface area contributed by atoms with Crippen LogP contribution in [0.4, 0.5) is 0 Å². The maximum Gasteiger partial charge on any atom is 0.223 e. The van der Waals surface area contributed by atoms with Gasteiger partial charge in [0, 0.05) is 17.2 Å². The van der Waals surface area contributed by atoms with Gasteiger partial charge in [0.05, 0.1) is 5.69 Å². The fraction of sp³-hybridized carbons (Fsp3) is 0.438. The van der Waals surface area contributed by atoms with Gasteiger partial charge in [-0.15, -0.1) is 0 Å². The van der Waals surface area contributed by atoms with E-state index in [4.69, 9.17) is 4.74 Å². The van der Waals surface area contributed by atoms with Crippen LogP contribution in [0.5, 0.6) is 11.6 Å². The maximum absolute atomic E-state index is 5.93. The van der Waals surface area contributed by atoms with Crippen LogP contribution in [0.3, 0.4) is 0 Å². The average Bonchev–Trinajstić information content (AvgIpc) is 2.39. The number of pyridine rings is 1. The molecule has 0 aliphatic rings. The normalized spacial score (nSPS) is 11.5. The van der Waals surface area contributed by atoms with Crippen molar-refractivity contribution in [1.82, 2.24) is 15.0 Å². The molecule has 0 spiro atoms. The molecule has 2 aromatic heterocycles. The van der Waals surface area contributed by atoms with Crippen LogP contribution in [-0.4, -0.2) is 15.0 Å². The average molecular weight is 350 g/mol. The Kier molecular flexibility index (Phi) is 4.61. The monoisotopic (exact) mass is 349 g/mol. The molecule has 0 saturated heterocycles. The lowest BCUT2D eigenvalue weighted by Crippen LogP contribution is -2.16. The first kappa shape index (κ1) is 15.9. The lowest BCUT2D eigenvalue weighted by Gasteiger charge is -2.18. The zero-order valence-corrected chi connectivity index (χ0v) is 14.7. The van der Waals surface area contributed by atoms with Crippen molar-refractivity contribution in [2.45, 2.75) is 46.5 Å². The summed E-state index contributed by atoms with van der Waals surface area (Å²) < 4.78 is 6.65. The van der Waals surface area contributed by atoms with E-state index >= 15 is 0 Å². The molecule has 0 N–H and O–H groups in total. The minimum absolute atomic E-state index is 0.138. The third kappa shape index (κ3) is 4.00. The lowest BCUT2D eigenvalue weighted by molar-refractivity contribution is 0.437. The molecule has 0 saturated carbocycles. The summed E-state index contributed by atoms with van der Waals surface area (Å²) in [6.45, 7) is 10.3. The number of aryl methyl sites for hydroxylation is 2. The molecule has 0 unspecified atom stereocenters. The highest BCUT2D eigenvalue weighted by Crippen LogP contribution is 2.28. The van der Waals surface area contributed by atoms with Crippen LogP contribution in [0.2, 0.25) is 0 Å². The van der Waals surface area contributed by atoms with E-state index in [1.54, 1.807) is 6.07 Å². The Morgan fingerprint density at radius 1 is 1.14 bits per heavy atom. The molecule has 2 rings (SSSR count). The predicted molar refractivity (Wildman–Crippen MR) is 86.9 cm³/mol. The molecule has 0 aromatic carbocycles. The van der Waals surface area contributed by atoms with Gasteiger partial charge >= 0.3 is 0 Å². The first-order valence-electron chi connectivity index (χ1n) is 6.99.